The van der Waals surface area contributed by atoms with Crippen molar-refractivity contribution in [1.29, 1.82) is 10.5 Å². The number of anilines is 3. The Morgan fingerprint density at radius 2 is 1.97 bits per heavy atom. The van der Waals surface area contributed by atoms with E-state index in [2.05, 4.69) is 43.2 Å². The van der Waals surface area contributed by atoms with Gasteiger partial charge in [-0.25, -0.2) is 4.98 Å². The molecule has 6 rings (SSSR count). The first-order valence-electron chi connectivity index (χ1n) is 13.4. The quantitative estimate of drug-likeness (QED) is 0.380. The van der Waals surface area contributed by atoms with Crippen LogP contribution in [-0.2, 0) is 4.74 Å². The van der Waals surface area contributed by atoms with Crippen molar-refractivity contribution >= 4 is 34.7 Å². The molecule has 3 atom stereocenters. The minimum Gasteiger partial charge on any atom is -0.377 e. The fraction of sp³-hybridized carbons (Fsp3) is 0.519. The molecule has 1 saturated heterocycles. The average Bonchev–Trinajstić information content (AvgIpc) is 3.41. The van der Waals surface area contributed by atoms with Gasteiger partial charge in [0.2, 0.25) is 5.95 Å². The van der Waals surface area contributed by atoms with Gasteiger partial charge in [-0.1, -0.05) is 18.0 Å². The lowest BCUT2D eigenvalue weighted by Crippen LogP contribution is -2.38. The Morgan fingerprint density at radius 3 is 2.74 bits per heavy atom. The summed E-state index contributed by atoms with van der Waals surface area (Å²) in [6, 6.07) is 8.77. The Morgan fingerprint density at radius 1 is 1.08 bits per heavy atom. The van der Waals surface area contributed by atoms with Gasteiger partial charge in [0.05, 0.1) is 34.6 Å². The van der Waals surface area contributed by atoms with E-state index in [1.54, 1.807) is 6.07 Å². The minimum atomic E-state index is 0.237. The molecule has 0 amide bonds. The Kier molecular flexibility index (Phi) is 7.03. The molecule has 3 fully saturated rings. The third-order valence-electron chi connectivity index (χ3n) is 7.64. The SMILES string of the molecule is N#Cc1cc(Nc2nc(NC3CC3)c3ncc(C#N)n3n2)c(Cl)c([C@H]2CCC[C@H](NC[C@H]3CCCO3)C2)c1. The maximum absolute atomic E-state index is 9.79. The van der Waals surface area contributed by atoms with Crippen molar-refractivity contribution in [3.8, 4) is 12.1 Å². The zero-order chi connectivity index (χ0) is 26.1. The lowest BCUT2D eigenvalue weighted by molar-refractivity contribution is 0.105. The maximum Gasteiger partial charge on any atom is 0.247 e. The predicted molar refractivity (Wildman–Crippen MR) is 144 cm³/mol. The Bertz CT molecular complexity index is 1410. The smallest absolute Gasteiger partial charge is 0.247 e. The normalized spacial score (nSPS) is 23.2. The van der Waals surface area contributed by atoms with Gasteiger partial charge >= 0.3 is 0 Å². The van der Waals surface area contributed by atoms with E-state index < -0.39 is 0 Å². The molecule has 0 radical (unpaired) electrons. The highest BCUT2D eigenvalue weighted by Crippen LogP contribution is 2.41. The van der Waals surface area contributed by atoms with Gasteiger partial charge in [-0.15, -0.1) is 5.10 Å². The van der Waals surface area contributed by atoms with Crippen molar-refractivity contribution < 1.29 is 4.74 Å². The molecule has 38 heavy (non-hydrogen) atoms. The van der Waals surface area contributed by atoms with Crippen LogP contribution < -0.4 is 16.0 Å². The fourth-order valence-corrected chi connectivity index (χ4v) is 5.82. The van der Waals surface area contributed by atoms with Crippen LogP contribution in [0.1, 0.15) is 74.1 Å². The molecule has 2 aliphatic carbocycles. The molecular weight excluding hydrogens is 502 g/mol. The number of hydrogen-bond donors (Lipinski definition) is 3. The van der Waals surface area contributed by atoms with Gasteiger partial charge in [0, 0.05) is 25.2 Å². The third-order valence-corrected chi connectivity index (χ3v) is 8.07. The highest BCUT2D eigenvalue weighted by atomic mass is 35.5. The number of ether oxygens (including phenoxy) is 1. The Balaban J connectivity index is 1.27. The van der Waals surface area contributed by atoms with Gasteiger partial charge in [0.1, 0.15) is 6.07 Å². The Labute approximate surface area is 226 Å². The molecule has 0 bridgehead atoms. The first kappa shape index (κ1) is 24.9. The van der Waals surface area contributed by atoms with Crippen molar-refractivity contribution in [1.82, 2.24) is 24.9 Å². The van der Waals surface area contributed by atoms with Crippen molar-refractivity contribution in [2.24, 2.45) is 0 Å². The van der Waals surface area contributed by atoms with Gasteiger partial charge in [0.15, 0.2) is 17.2 Å². The Hall–Kier alpha value is -3.44. The van der Waals surface area contributed by atoms with Crippen molar-refractivity contribution in [3.63, 3.8) is 0 Å². The maximum atomic E-state index is 9.79. The highest BCUT2D eigenvalue weighted by Gasteiger charge is 2.28. The summed E-state index contributed by atoms with van der Waals surface area (Å²) in [6.45, 7) is 1.74. The summed E-state index contributed by atoms with van der Waals surface area (Å²) in [4.78, 5) is 8.98. The summed E-state index contributed by atoms with van der Waals surface area (Å²) in [6.07, 6.45) is 10.4. The van der Waals surface area contributed by atoms with Crippen LogP contribution in [0.4, 0.5) is 17.5 Å². The van der Waals surface area contributed by atoms with Crippen molar-refractivity contribution in [2.75, 3.05) is 23.8 Å². The number of rotatable bonds is 8. The van der Waals surface area contributed by atoms with Crippen LogP contribution >= 0.6 is 11.6 Å². The van der Waals surface area contributed by atoms with E-state index in [0.29, 0.717) is 51.6 Å². The second kappa shape index (κ2) is 10.7. The molecule has 3 aromatic rings. The summed E-state index contributed by atoms with van der Waals surface area (Å²) < 4.78 is 7.26. The summed E-state index contributed by atoms with van der Waals surface area (Å²) >= 11 is 6.98. The lowest BCUT2D eigenvalue weighted by atomic mass is 9.80. The van der Waals surface area contributed by atoms with Gasteiger partial charge in [-0.3, -0.25) is 0 Å². The molecule has 2 aromatic heterocycles. The molecule has 11 heteroatoms. The predicted octanol–water partition coefficient (Wildman–Crippen LogP) is 4.63. The molecule has 1 aromatic carbocycles. The first-order chi connectivity index (χ1) is 18.6. The van der Waals surface area contributed by atoms with Crippen LogP contribution in [0.15, 0.2) is 18.3 Å². The fourth-order valence-electron chi connectivity index (χ4n) is 5.51. The number of hydrogen-bond acceptors (Lipinski definition) is 9. The van der Waals surface area contributed by atoms with Gasteiger partial charge < -0.3 is 20.7 Å². The number of benzene rings is 1. The largest absolute Gasteiger partial charge is 0.377 e. The molecular formula is C27H30ClN9O. The van der Waals surface area contributed by atoms with E-state index in [1.165, 1.54) is 10.7 Å². The topological polar surface area (TPSA) is 136 Å². The van der Waals surface area contributed by atoms with Crippen LogP contribution in [0.3, 0.4) is 0 Å². The summed E-state index contributed by atoms with van der Waals surface area (Å²) in [5.74, 6) is 1.07. The van der Waals surface area contributed by atoms with E-state index in [9.17, 15) is 10.5 Å². The van der Waals surface area contributed by atoms with Gasteiger partial charge in [-0.2, -0.15) is 20.0 Å². The molecule has 3 N–H and O–H groups in total. The van der Waals surface area contributed by atoms with Crippen LogP contribution in [0.2, 0.25) is 5.02 Å². The number of nitriles is 2. The molecule has 0 unspecified atom stereocenters. The van der Waals surface area contributed by atoms with Crippen LogP contribution in [-0.4, -0.2) is 50.9 Å². The number of aromatic nitrogens is 4. The van der Waals surface area contributed by atoms with Gasteiger partial charge in [-0.05, 0) is 68.6 Å². The third kappa shape index (κ3) is 5.25. The van der Waals surface area contributed by atoms with Crippen LogP contribution in [0.25, 0.3) is 5.65 Å². The van der Waals surface area contributed by atoms with Crippen LogP contribution in [0, 0.1) is 22.7 Å². The number of fused-ring (bicyclic) bond motifs is 1. The zero-order valence-corrected chi connectivity index (χ0v) is 21.8. The van der Waals surface area contributed by atoms with Gasteiger partial charge in [0.25, 0.3) is 0 Å². The standard InChI is InChI=1S/C27H30ClN9O/c28-24-22(17-3-1-4-19(11-17)31-15-21-5-2-8-38-21)9-16(12-29)10-23(24)34-27-35-25(33-18-6-7-18)26-32-14-20(13-30)37(26)36-27/h9-10,14,17-19,21,31H,1-8,11,15H2,(H2,33,34,35,36)/t17-,19-,21+/m0/s1. The minimum absolute atomic E-state index is 0.237. The number of halogens is 1. The van der Waals surface area contributed by atoms with E-state index in [-0.39, 0.29) is 11.9 Å². The summed E-state index contributed by atoms with van der Waals surface area (Å²) in [7, 11) is 0. The van der Waals surface area contributed by atoms with Crippen molar-refractivity contribution in [2.45, 2.75) is 75.5 Å². The van der Waals surface area contributed by atoms with E-state index in [1.807, 2.05) is 6.07 Å². The average molecular weight is 532 g/mol. The van der Waals surface area contributed by atoms with Crippen molar-refractivity contribution in [3.05, 3.63) is 40.2 Å². The van der Waals surface area contributed by atoms with Crippen LogP contribution in [0.5, 0.6) is 0 Å². The zero-order valence-electron chi connectivity index (χ0n) is 21.1. The first-order valence-corrected chi connectivity index (χ1v) is 13.8. The van der Waals surface area contributed by atoms with E-state index in [4.69, 9.17) is 16.3 Å². The second-order valence-electron chi connectivity index (χ2n) is 10.5. The highest BCUT2D eigenvalue weighted by molar-refractivity contribution is 6.34. The monoisotopic (exact) mass is 531 g/mol. The molecule has 3 heterocycles. The number of imidazole rings is 1. The molecule has 10 nitrogen and oxygen atoms in total. The molecule has 3 aliphatic rings. The summed E-state index contributed by atoms with van der Waals surface area (Å²) in [5, 5.41) is 34.7. The lowest BCUT2D eigenvalue weighted by Gasteiger charge is -2.31. The molecule has 0 spiro atoms. The van der Waals surface area contributed by atoms with E-state index in [0.717, 1.165) is 70.1 Å². The van der Waals surface area contributed by atoms with E-state index >= 15 is 0 Å². The number of nitrogens with zero attached hydrogens (tertiary/aromatic N) is 6. The second-order valence-corrected chi connectivity index (χ2v) is 10.8. The summed E-state index contributed by atoms with van der Waals surface area (Å²) in [5.41, 5.74) is 2.88. The molecule has 2 saturated carbocycles. The molecule has 1 aliphatic heterocycles. The number of nitrogens with one attached hydrogen (secondary N) is 3. The molecule has 196 valence electrons.